The van der Waals surface area contributed by atoms with Gasteiger partial charge in [-0.25, -0.2) is 9.97 Å². The molecule has 0 N–H and O–H groups in total. The Labute approximate surface area is 245 Å². The minimum atomic E-state index is 0.570. The zero-order valence-corrected chi connectivity index (χ0v) is 22.8. The second-order valence-corrected chi connectivity index (χ2v) is 10.6. The molecule has 0 unspecified atom stereocenters. The molecule has 0 aliphatic heterocycles. The molecule has 0 radical (unpaired) electrons. The first-order valence-electron chi connectivity index (χ1n) is 14.0. The molecule has 7 heteroatoms. The van der Waals surface area contributed by atoms with Crippen LogP contribution in [-0.4, -0.2) is 28.5 Å². The SMILES string of the molecule is N#Cc1cc(-c2cccc(-n3c4ccccc4n4c5ccccc5nc34)c2)cc(-n2c3cccnc3c3cccnc32)c1. The van der Waals surface area contributed by atoms with Crippen molar-refractivity contribution < 1.29 is 0 Å². The number of hydrogen-bond acceptors (Lipinski definition) is 4. The molecule has 0 saturated carbocycles. The third kappa shape index (κ3) is 3.38. The summed E-state index contributed by atoms with van der Waals surface area (Å²) < 4.78 is 6.51. The Hall–Kier alpha value is -6.26. The Bertz CT molecular complexity index is 2540. The summed E-state index contributed by atoms with van der Waals surface area (Å²) in [4.78, 5) is 14.4. The van der Waals surface area contributed by atoms with E-state index >= 15 is 0 Å². The van der Waals surface area contributed by atoms with E-state index in [0.717, 1.165) is 72.4 Å². The van der Waals surface area contributed by atoms with Crippen molar-refractivity contribution in [1.29, 1.82) is 5.26 Å². The predicted molar refractivity (Wildman–Crippen MR) is 170 cm³/mol. The third-order valence-electron chi connectivity index (χ3n) is 8.13. The van der Waals surface area contributed by atoms with Crippen molar-refractivity contribution in [3.05, 3.63) is 133 Å². The standard InChI is InChI=1S/C36H21N7/c37-22-23-18-25(21-27(19-23)41-33-15-7-16-38-34(33)28-10-6-17-39-35(28)41)24-8-5-9-26(20-24)42-31-13-3-4-14-32(31)43-30-12-2-1-11-29(30)40-36(42)43/h1-21H. The molecular weight excluding hydrogens is 530 g/mol. The molecule has 9 aromatic rings. The molecule has 43 heavy (non-hydrogen) atoms. The van der Waals surface area contributed by atoms with Gasteiger partial charge in [-0.3, -0.25) is 18.5 Å². The van der Waals surface area contributed by atoms with Crippen molar-refractivity contribution in [2.75, 3.05) is 0 Å². The van der Waals surface area contributed by atoms with E-state index in [9.17, 15) is 5.26 Å². The highest BCUT2D eigenvalue weighted by Crippen LogP contribution is 2.34. The van der Waals surface area contributed by atoms with Crippen molar-refractivity contribution in [1.82, 2.24) is 28.5 Å². The number of imidazole rings is 2. The summed E-state index contributed by atoms with van der Waals surface area (Å²) in [7, 11) is 0. The van der Waals surface area contributed by atoms with Crippen molar-refractivity contribution in [2.45, 2.75) is 0 Å². The second-order valence-electron chi connectivity index (χ2n) is 10.6. The number of para-hydroxylation sites is 4. The van der Waals surface area contributed by atoms with Gasteiger partial charge in [-0.15, -0.1) is 0 Å². The zero-order chi connectivity index (χ0) is 28.5. The number of fused-ring (bicyclic) bond motifs is 8. The highest BCUT2D eigenvalue weighted by Gasteiger charge is 2.18. The van der Waals surface area contributed by atoms with Crippen LogP contribution in [0.25, 0.3) is 72.4 Å². The lowest BCUT2D eigenvalue weighted by molar-refractivity contribution is 1.11. The normalized spacial score (nSPS) is 11.7. The molecule has 0 fully saturated rings. The largest absolute Gasteiger partial charge is 0.292 e. The number of rotatable bonds is 3. The van der Waals surface area contributed by atoms with E-state index in [4.69, 9.17) is 9.97 Å². The zero-order valence-electron chi connectivity index (χ0n) is 22.8. The lowest BCUT2D eigenvalue weighted by Gasteiger charge is -2.12. The van der Waals surface area contributed by atoms with E-state index in [2.05, 4.69) is 85.3 Å². The molecule has 0 saturated heterocycles. The monoisotopic (exact) mass is 551 g/mol. The third-order valence-corrected chi connectivity index (χ3v) is 8.13. The lowest BCUT2D eigenvalue weighted by Crippen LogP contribution is -1.98. The van der Waals surface area contributed by atoms with Gasteiger partial charge in [0.1, 0.15) is 5.65 Å². The molecule has 0 spiro atoms. The van der Waals surface area contributed by atoms with Crippen LogP contribution < -0.4 is 0 Å². The quantitative estimate of drug-likeness (QED) is 0.224. The van der Waals surface area contributed by atoms with E-state index in [1.54, 1.807) is 12.4 Å². The van der Waals surface area contributed by atoms with E-state index < -0.39 is 0 Å². The highest BCUT2D eigenvalue weighted by molar-refractivity contribution is 6.05. The van der Waals surface area contributed by atoms with Crippen LogP contribution in [0, 0.1) is 11.3 Å². The van der Waals surface area contributed by atoms with Crippen LogP contribution in [0.4, 0.5) is 0 Å². The van der Waals surface area contributed by atoms with E-state index in [-0.39, 0.29) is 0 Å². The molecule has 9 rings (SSSR count). The van der Waals surface area contributed by atoms with Crippen LogP contribution in [0.15, 0.2) is 128 Å². The summed E-state index contributed by atoms with van der Waals surface area (Å²) in [6, 6.07) is 41.3. The second kappa shape index (κ2) is 8.87. The van der Waals surface area contributed by atoms with Crippen molar-refractivity contribution in [3.63, 3.8) is 0 Å². The molecule has 0 aliphatic rings. The summed E-state index contributed by atoms with van der Waals surface area (Å²) >= 11 is 0. The Kier molecular flexibility index (Phi) is 4.84. The number of pyridine rings is 2. The topological polar surface area (TPSA) is 76.7 Å². The van der Waals surface area contributed by atoms with Crippen molar-refractivity contribution in [3.8, 4) is 28.6 Å². The van der Waals surface area contributed by atoms with Gasteiger partial charge < -0.3 is 0 Å². The molecular formula is C36H21N7. The van der Waals surface area contributed by atoms with E-state index in [1.165, 1.54) is 0 Å². The van der Waals surface area contributed by atoms with Crippen LogP contribution in [0.5, 0.6) is 0 Å². The first-order chi connectivity index (χ1) is 21.3. The molecule has 4 aromatic carbocycles. The van der Waals surface area contributed by atoms with Gasteiger partial charge in [-0.1, -0.05) is 36.4 Å². The molecule has 5 aromatic heterocycles. The first-order valence-corrected chi connectivity index (χ1v) is 14.0. The smallest absolute Gasteiger partial charge is 0.220 e. The lowest BCUT2D eigenvalue weighted by atomic mass is 10.0. The van der Waals surface area contributed by atoms with Crippen LogP contribution in [0.3, 0.4) is 0 Å². The van der Waals surface area contributed by atoms with E-state index in [1.807, 2.05) is 54.6 Å². The van der Waals surface area contributed by atoms with Gasteiger partial charge in [-0.2, -0.15) is 5.26 Å². The van der Waals surface area contributed by atoms with Gasteiger partial charge in [0.15, 0.2) is 0 Å². The summed E-state index contributed by atoms with van der Waals surface area (Å²) in [5.41, 5.74) is 11.2. The van der Waals surface area contributed by atoms with Gasteiger partial charge in [0, 0.05) is 29.2 Å². The van der Waals surface area contributed by atoms with Crippen LogP contribution in [0.1, 0.15) is 5.56 Å². The summed E-state index contributed by atoms with van der Waals surface area (Å²) in [5.74, 6) is 0.856. The summed E-state index contributed by atoms with van der Waals surface area (Å²) in [6.07, 6.45) is 3.59. The number of aromatic nitrogens is 6. The number of nitrogens with zero attached hydrogens (tertiary/aromatic N) is 7. The molecule has 0 bridgehead atoms. The molecule has 200 valence electrons. The fourth-order valence-electron chi connectivity index (χ4n) is 6.32. The maximum absolute atomic E-state index is 10.1. The highest BCUT2D eigenvalue weighted by atomic mass is 15.2. The maximum atomic E-state index is 10.1. The fraction of sp³-hybridized carbons (Fsp3) is 0. The Morgan fingerprint density at radius 3 is 2.26 bits per heavy atom. The summed E-state index contributed by atoms with van der Waals surface area (Å²) in [5, 5.41) is 11.0. The van der Waals surface area contributed by atoms with Gasteiger partial charge in [0.2, 0.25) is 5.78 Å². The average molecular weight is 552 g/mol. The number of hydrogen-bond donors (Lipinski definition) is 0. The van der Waals surface area contributed by atoms with Gasteiger partial charge >= 0.3 is 0 Å². The Morgan fingerprint density at radius 2 is 1.35 bits per heavy atom. The molecule has 0 amide bonds. The maximum Gasteiger partial charge on any atom is 0.220 e. The minimum Gasteiger partial charge on any atom is -0.292 e. The molecule has 0 atom stereocenters. The first kappa shape index (κ1) is 23.4. The van der Waals surface area contributed by atoms with Crippen molar-refractivity contribution in [2.24, 2.45) is 0 Å². The molecule has 5 heterocycles. The Morgan fingerprint density at radius 1 is 0.581 bits per heavy atom. The van der Waals surface area contributed by atoms with Crippen LogP contribution in [0.2, 0.25) is 0 Å². The molecule has 0 aliphatic carbocycles. The van der Waals surface area contributed by atoms with Crippen molar-refractivity contribution >= 4 is 49.9 Å². The van der Waals surface area contributed by atoms with Crippen LogP contribution in [-0.2, 0) is 0 Å². The Balaban J connectivity index is 1.28. The molecule has 7 nitrogen and oxygen atoms in total. The average Bonchev–Trinajstić information content (AvgIpc) is 3.71. The van der Waals surface area contributed by atoms with Gasteiger partial charge in [-0.05, 0) is 90.0 Å². The van der Waals surface area contributed by atoms with Gasteiger partial charge in [0.05, 0.1) is 44.7 Å². The fourth-order valence-corrected chi connectivity index (χ4v) is 6.32. The van der Waals surface area contributed by atoms with E-state index in [0.29, 0.717) is 5.56 Å². The number of nitriles is 1. The predicted octanol–water partition coefficient (Wildman–Crippen LogP) is 7.86. The minimum absolute atomic E-state index is 0.570. The summed E-state index contributed by atoms with van der Waals surface area (Å²) in [6.45, 7) is 0. The number of benzene rings is 4. The van der Waals surface area contributed by atoms with Gasteiger partial charge in [0.25, 0.3) is 0 Å². The van der Waals surface area contributed by atoms with Crippen LogP contribution >= 0.6 is 0 Å².